The zero-order valence-electron chi connectivity index (χ0n) is 31.8. The van der Waals surface area contributed by atoms with Crippen LogP contribution < -0.4 is 0 Å². The number of rotatable bonds is 5. The Morgan fingerprint density at radius 3 is 1.41 bits per heavy atom. The van der Waals surface area contributed by atoms with Crippen LogP contribution in [0.4, 0.5) is 0 Å². The van der Waals surface area contributed by atoms with E-state index in [1.54, 1.807) is 0 Å². The van der Waals surface area contributed by atoms with Crippen LogP contribution in [-0.4, -0.2) is 0 Å². The Hall–Kier alpha value is -7.54. The number of fused-ring (bicyclic) bond motifs is 5. The van der Waals surface area contributed by atoms with Crippen LogP contribution in [0.2, 0.25) is 0 Å². The highest BCUT2D eigenvalue weighted by molar-refractivity contribution is 6.41. The Labute approximate surface area is 337 Å². The first-order valence-electron chi connectivity index (χ1n) is 20.2. The van der Waals surface area contributed by atoms with Crippen molar-refractivity contribution in [1.29, 1.82) is 0 Å². The Morgan fingerprint density at radius 2 is 0.638 bits per heavy atom. The van der Waals surface area contributed by atoms with Gasteiger partial charge >= 0.3 is 0 Å². The summed E-state index contributed by atoms with van der Waals surface area (Å²) in [7, 11) is 0. The fraction of sp³-hybridized carbons (Fsp3) is 0. The molecule has 58 heavy (non-hydrogen) atoms. The van der Waals surface area contributed by atoms with E-state index >= 15 is 0 Å². The minimum atomic E-state index is 1.22. The summed E-state index contributed by atoms with van der Waals surface area (Å²) in [5.74, 6) is 0. The summed E-state index contributed by atoms with van der Waals surface area (Å²) in [4.78, 5) is 0. The number of hydrogen-bond acceptors (Lipinski definition) is 0. The Balaban J connectivity index is 1.14. The van der Waals surface area contributed by atoms with E-state index in [9.17, 15) is 0 Å². The molecule has 0 aliphatic heterocycles. The van der Waals surface area contributed by atoms with Gasteiger partial charge in [-0.2, -0.15) is 0 Å². The lowest BCUT2D eigenvalue weighted by Gasteiger charge is -2.22. The van der Waals surface area contributed by atoms with Gasteiger partial charge < -0.3 is 0 Å². The molecular weight excluding hydrogens is 697 g/mol. The summed E-state index contributed by atoms with van der Waals surface area (Å²) in [6, 6.07) is 80.7. The lowest BCUT2D eigenvalue weighted by Crippen LogP contribution is -1.94. The summed E-state index contributed by atoms with van der Waals surface area (Å²) in [6.45, 7) is 0. The van der Waals surface area contributed by atoms with Crippen molar-refractivity contribution < 1.29 is 0 Å². The van der Waals surface area contributed by atoms with Crippen molar-refractivity contribution in [1.82, 2.24) is 0 Å². The van der Waals surface area contributed by atoms with Crippen LogP contribution in [0.15, 0.2) is 218 Å². The SMILES string of the molecule is c1ccc(-c2cccc(-c3ccc(-c4c5ccccc5c5c6ccc(-c7ccccc7-c7ccccc7)c7cccc(c8cccc4c85)c76)c4ccccc34)c2)cc1. The highest BCUT2D eigenvalue weighted by atomic mass is 14.3. The highest BCUT2D eigenvalue weighted by Crippen LogP contribution is 2.51. The van der Waals surface area contributed by atoms with Crippen molar-refractivity contribution in [3.63, 3.8) is 0 Å². The second kappa shape index (κ2) is 13.0. The van der Waals surface area contributed by atoms with Crippen molar-refractivity contribution in [2.24, 2.45) is 0 Å². The Kier molecular flexibility index (Phi) is 7.33. The van der Waals surface area contributed by atoms with Gasteiger partial charge in [-0.15, -0.1) is 0 Å². The van der Waals surface area contributed by atoms with E-state index in [0.29, 0.717) is 0 Å². The molecule has 0 heterocycles. The molecule has 12 rings (SSSR count). The van der Waals surface area contributed by atoms with Crippen LogP contribution in [0.25, 0.3) is 120 Å². The third-order valence-corrected chi connectivity index (χ3v) is 12.4. The van der Waals surface area contributed by atoms with Gasteiger partial charge in [-0.3, -0.25) is 0 Å². The van der Waals surface area contributed by atoms with Crippen LogP contribution in [-0.2, 0) is 0 Å². The van der Waals surface area contributed by atoms with Gasteiger partial charge in [0.2, 0.25) is 0 Å². The van der Waals surface area contributed by atoms with Gasteiger partial charge in [0, 0.05) is 0 Å². The van der Waals surface area contributed by atoms with E-state index in [0.717, 1.165) is 0 Å². The summed E-state index contributed by atoms with van der Waals surface area (Å²) in [5.41, 5.74) is 12.5. The topological polar surface area (TPSA) is 0 Å². The van der Waals surface area contributed by atoms with Gasteiger partial charge in [0.1, 0.15) is 0 Å². The number of benzene rings is 12. The zero-order valence-corrected chi connectivity index (χ0v) is 31.8. The lowest BCUT2D eigenvalue weighted by molar-refractivity contribution is 1.60. The largest absolute Gasteiger partial charge is 0.0622 e. The second-order valence-electron chi connectivity index (χ2n) is 15.5. The summed E-state index contributed by atoms with van der Waals surface area (Å²) < 4.78 is 0. The minimum Gasteiger partial charge on any atom is -0.0622 e. The van der Waals surface area contributed by atoms with Crippen LogP contribution >= 0.6 is 0 Å². The second-order valence-corrected chi connectivity index (χ2v) is 15.5. The maximum atomic E-state index is 2.40. The average molecular weight is 733 g/mol. The third-order valence-electron chi connectivity index (χ3n) is 12.4. The molecule has 0 saturated carbocycles. The summed E-state index contributed by atoms with van der Waals surface area (Å²) in [6.07, 6.45) is 0. The molecule has 268 valence electrons. The predicted octanol–water partition coefficient (Wildman–Crippen LogP) is 16.4. The summed E-state index contributed by atoms with van der Waals surface area (Å²) >= 11 is 0. The monoisotopic (exact) mass is 732 g/mol. The molecule has 0 nitrogen and oxygen atoms in total. The van der Waals surface area contributed by atoms with E-state index in [2.05, 4.69) is 218 Å². The molecule has 0 saturated heterocycles. The van der Waals surface area contributed by atoms with Gasteiger partial charge in [-0.1, -0.05) is 212 Å². The van der Waals surface area contributed by atoms with Crippen LogP contribution in [0.5, 0.6) is 0 Å². The molecular formula is C58H36. The van der Waals surface area contributed by atoms with Gasteiger partial charge in [-0.25, -0.2) is 0 Å². The molecule has 12 aromatic carbocycles. The van der Waals surface area contributed by atoms with E-state index in [-0.39, 0.29) is 0 Å². The first-order chi connectivity index (χ1) is 28.8. The molecule has 0 aliphatic rings. The first-order valence-corrected chi connectivity index (χ1v) is 20.2. The third kappa shape index (κ3) is 4.89. The highest BCUT2D eigenvalue weighted by Gasteiger charge is 2.22. The molecule has 0 fully saturated rings. The van der Waals surface area contributed by atoms with Gasteiger partial charge in [0.05, 0.1) is 0 Å². The standard InChI is InChI=1S/C58H36/c1-3-16-37(17-4-1)39-20-13-21-40(36-39)42-32-34-52(45-25-10-9-24-44(42)45)56-48-26-11-12-27-50(48)58-54-35-33-46(43-23-8-7-22-41(43)38-18-5-2-6-19-38)47-28-14-29-49(55(47)54)51-30-15-31-53(56)57(51)58/h1-36H. The lowest BCUT2D eigenvalue weighted by atomic mass is 9.81. The van der Waals surface area contributed by atoms with E-state index in [1.807, 2.05) is 0 Å². The van der Waals surface area contributed by atoms with Crippen molar-refractivity contribution in [3.05, 3.63) is 218 Å². The maximum Gasteiger partial charge on any atom is -0.00137 e. The van der Waals surface area contributed by atoms with E-state index in [1.165, 1.54) is 120 Å². The Bertz CT molecular complexity index is 3540. The maximum absolute atomic E-state index is 2.40. The van der Waals surface area contributed by atoms with E-state index < -0.39 is 0 Å². The molecule has 0 unspecified atom stereocenters. The molecule has 0 N–H and O–H groups in total. The quantitative estimate of drug-likeness (QED) is 0.122. The number of hydrogen-bond donors (Lipinski definition) is 0. The molecule has 0 spiro atoms. The van der Waals surface area contributed by atoms with Gasteiger partial charge in [0.15, 0.2) is 0 Å². The van der Waals surface area contributed by atoms with Crippen molar-refractivity contribution in [3.8, 4) is 55.6 Å². The fourth-order valence-corrected chi connectivity index (χ4v) is 9.95. The van der Waals surface area contributed by atoms with Crippen LogP contribution in [0.1, 0.15) is 0 Å². The minimum absolute atomic E-state index is 1.22. The molecule has 0 aliphatic carbocycles. The Morgan fingerprint density at radius 1 is 0.172 bits per heavy atom. The van der Waals surface area contributed by atoms with Crippen molar-refractivity contribution in [2.75, 3.05) is 0 Å². The molecule has 0 radical (unpaired) electrons. The molecule has 0 atom stereocenters. The smallest absolute Gasteiger partial charge is 0.00137 e. The molecule has 0 aromatic heterocycles. The zero-order chi connectivity index (χ0) is 38.2. The summed E-state index contributed by atoms with van der Waals surface area (Å²) in [5, 5.41) is 15.5. The van der Waals surface area contributed by atoms with E-state index in [4.69, 9.17) is 0 Å². The van der Waals surface area contributed by atoms with Gasteiger partial charge in [-0.05, 0) is 126 Å². The van der Waals surface area contributed by atoms with Crippen LogP contribution in [0, 0.1) is 0 Å². The van der Waals surface area contributed by atoms with Crippen molar-refractivity contribution >= 4 is 64.6 Å². The molecule has 0 heteroatoms. The predicted molar refractivity (Wildman–Crippen MR) is 250 cm³/mol. The van der Waals surface area contributed by atoms with Crippen molar-refractivity contribution in [2.45, 2.75) is 0 Å². The average Bonchev–Trinajstić information content (AvgIpc) is 3.30. The normalized spacial score (nSPS) is 11.8. The first kappa shape index (κ1) is 32.7. The fourth-order valence-electron chi connectivity index (χ4n) is 9.95. The van der Waals surface area contributed by atoms with Crippen LogP contribution in [0.3, 0.4) is 0 Å². The molecule has 0 bridgehead atoms. The van der Waals surface area contributed by atoms with Gasteiger partial charge in [0.25, 0.3) is 0 Å². The molecule has 12 aromatic rings. The molecule has 0 amide bonds.